The van der Waals surface area contributed by atoms with Gasteiger partial charge in [-0.3, -0.25) is 19.3 Å². The van der Waals surface area contributed by atoms with Gasteiger partial charge in [-0.05, 0) is 25.3 Å². The Bertz CT molecular complexity index is 479. The average Bonchev–Trinajstić information content (AvgIpc) is 2.80. The molecule has 0 aromatic rings. The van der Waals surface area contributed by atoms with Crippen LogP contribution in [-0.4, -0.2) is 54.6 Å². The van der Waals surface area contributed by atoms with Crippen molar-refractivity contribution in [1.82, 2.24) is 15.5 Å². The lowest BCUT2D eigenvalue weighted by Gasteiger charge is -2.21. The SMILES string of the molecule is CC1CC(=O)N(CCCCCCNC(C(=O)NCC=O)C(C)C)C1=O. The molecule has 1 heterocycles. The summed E-state index contributed by atoms with van der Waals surface area (Å²) < 4.78 is 0. The number of rotatable bonds is 12. The molecule has 0 saturated carbocycles. The fraction of sp³-hybridized carbons (Fsp3) is 0.778. The second kappa shape index (κ2) is 11.0. The standard InChI is InChI=1S/C18H31N3O4/c1-13(2)16(17(24)20-9-11-22)19-8-6-4-5-7-10-21-15(23)12-14(3)18(21)25/h11,13-14,16,19H,4-10,12H2,1-3H3,(H,20,24). The highest BCUT2D eigenvalue weighted by atomic mass is 16.2. The van der Waals surface area contributed by atoms with E-state index in [0.29, 0.717) is 19.3 Å². The lowest BCUT2D eigenvalue weighted by atomic mass is 10.0. The first-order chi connectivity index (χ1) is 11.9. The number of hydrogen-bond donors (Lipinski definition) is 2. The Balaban J connectivity index is 2.16. The van der Waals surface area contributed by atoms with Crippen molar-refractivity contribution < 1.29 is 19.2 Å². The number of nitrogens with one attached hydrogen (secondary N) is 2. The smallest absolute Gasteiger partial charge is 0.237 e. The minimum Gasteiger partial charge on any atom is -0.348 e. The highest BCUT2D eigenvalue weighted by molar-refractivity contribution is 6.03. The summed E-state index contributed by atoms with van der Waals surface area (Å²) in [5.41, 5.74) is 0. The largest absolute Gasteiger partial charge is 0.348 e. The van der Waals surface area contributed by atoms with Gasteiger partial charge in [-0.2, -0.15) is 0 Å². The van der Waals surface area contributed by atoms with E-state index in [2.05, 4.69) is 10.6 Å². The third kappa shape index (κ3) is 6.94. The predicted molar refractivity (Wildman–Crippen MR) is 94.7 cm³/mol. The second-order valence-corrected chi connectivity index (χ2v) is 6.99. The van der Waals surface area contributed by atoms with Crippen LogP contribution in [0, 0.1) is 11.8 Å². The molecule has 1 saturated heterocycles. The number of unbranched alkanes of at least 4 members (excludes halogenated alkanes) is 3. The summed E-state index contributed by atoms with van der Waals surface area (Å²) in [6.45, 7) is 6.99. The maximum atomic E-state index is 11.9. The van der Waals surface area contributed by atoms with E-state index in [1.807, 2.05) is 13.8 Å². The highest BCUT2D eigenvalue weighted by Gasteiger charge is 2.34. The molecule has 2 N–H and O–H groups in total. The number of aldehydes is 1. The summed E-state index contributed by atoms with van der Waals surface area (Å²) in [6.07, 6.45) is 4.66. The molecule has 142 valence electrons. The van der Waals surface area contributed by atoms with Gasteiger partial charge in [0.15, 0.2) is 0 Å². The van der Waals surface area contributed by atoms with Crippen LogP contribution in [0.15, 0.2) is 0 Å². The summed E-state index contributed by atoms with van der Waals surface area (Å²) in [5.74, 6) is -0.286. The van der Waals surface area contributed by atoms with Crippen molar-refractivity contribution in [2.45, 2.75) is 58.9 Å². The van der Waals surface area contributed by atoms with Gasteiger partial charge in [0.1, 0.15) is 6.29 Å². The normalized spacial score (nSPS) is 18.7. The Hall–Kier alpha value is -1.76. The van der Waals surface area contributed by atoms with E-state index in [0.717, 1.165) is 32.2 Å². The van der Waals surface area contributed by atoms with Crippen molar-refractivity contribution in [2.75, 3.05) is 19.6 Å². The third-order valence-electron chi connectivity index (χ3n) is 4.45. The molecule has 0 aromatic heterocycles. The Kier molecular flexibility index (Phi) is 9.34. The molecule has 2 unspecified atom stereocenters. The number of hydrogen-bond acceptors (Lipinski definition) is 5. The van der Waals surface area contributed by atoms with E-state index in [1.54, 1.807) is 6.92 Å². The van der Waals surface area contributed by atoms with Crippen molar-refractivity contribution >= 4 is 24.0 Å². The molecule has 1 aliphatic heterocycles. The molecule has 0 aliphatic carbocycles. The van der Waals surface area contributed by atoms with E-state index in [-0.39, 0.29) is 42.1 Å². The minimum absolute atomic E-state index is 0.0380. The fourth-order valence-electron chi connectivity index (χ4n) is 2.97. The number of carbonyl (C=O) groups excluding carboxylic acids is 4. The summed E-state index contributed by atoms with van der Waals surface area (Å²) >= 11 is 0. The van der Waals surface area contributed by atoms with Crippen LogP contribution >= 0.6 is 0 Å². The van der Waals surface area contributed by atoms with E-state index in [9.17, 15) is 19.2 Å². The van der Waals surface area contributed by atoms with Crippen LogP contribution in [0.25, 0.3) is 0 Å². The Morgan fingerprint density at radius 1 is 1.24 bits per heavy atom. The Morgan fingerprint density at radius 2 is 1.92 bits per heavy atom. The highest BCUT2D eigenvalue weighted by Crippen LogP contribution is 2.19. The molecule has 1 rings (SSSR count). The maximum absolute atomic E-state index is 11.9. The maximum Gasteiger partial charge on any atom is 0.237 e. The quantitative estimate of drug-likeness (QED) is 0.308. The Labute approximate surface area is 149 Å². The zero-order chi connectivity index (χ0) is 18.8. The predicted octanol–water partition coefficient (Wildman–Crippen LogP) is 0.871. The minimum atomic E-state index is -0.304. The lowest BCUT2D eigenvalue weighted by molar-refractivity contribution is -0.139. The van der Waals surface area contributed by atoms with Crippen molar-refractivity contribution in [2.24, 2.45) is 11.8 Å². The molecule has 7 nitrogen and oxygen atoms in total. The zero-order valence-electron chi connectivity index (χ0n) is 15.5. The second-order valence-electron chi connectivity index (χ2n) is 6.99. The van der Waals surface area contributed by atoms with Crippen molar-refractivity contribution in [1.29, 1.82) is 0 Å². The van der Waals surface area contributed by atoms with E-state index in [1.165, 1.54) is 4.90 Å². The Morgan fingerprint density at radius 3 is 2.48 bits per heavy atom. The van der Waals surface area contributed by atoms with E-state index >= 15 is 0 Å². The van der Waals surface area contributed by atoms with Crippen molar-refractivity contribution in [3.63, 3.8) is 0 Å². The van der Waals surface area contributed by atoms with Crippen LogP contribution in [0.2, 0.25) is 0 Å². The van der Waals surface area contributed by atoms with Gasteiger partial charge in [-0.25, -0.2) is 0 Å². The molecule has 0 aromatic carbocycles. The average molecular weight is 353 g/mol. The van der Waals surface area contributed by atoms with Crippen LogP contribution < -0.4 is 10.6 Å². The summed E-state index contributed by atoms with van der Waals surface area (Å²) in [7, 11) is 0. The van der Waals surface area contributed by atoms with Gasteiger partial charge in [-0.1, -0.05) is 33.6 Å². The van der Waals surface area contributed by atoms with Crippen molar-refractivity contribution in [3.8, 4) is 0 Å². The number of likely N-dealkylation sites (tertiary alicyclic amines) is 1. The molecular weight excluding hydrogens is 322 g/mol. The molecule has 1 aliphatic rings. The molecule has 3 amide bonds. The third-order valence-corrected chi connectivity index (χ3v) is 4.45. The van der Waals surface area contributed by atoms with Gasteiger partial charge in [-0.15, -0.1) is 0 Å². The van der Waals surface area contributed by atoms with E-state index < -0.39 is 0 Å². The molecule has 7 heteroatoms. The summed E-state index contributed by atoms with van der Waals surface area (Å²) in [4.78, 5) is 47.1. The van der Waals surface area contributed by atoms with Crippen LogP contribution in [0.3, 0.4) is 0 Å². The number of amides is 3. The molecular formula is C18H31N3O4. The molecule has 0 spiro atoms. The van der Waals surface area contributed by atoms with Crippen LogP contribution in [0.1, 0.15) is 52.9 Å². The first-order valence-electron chi connectivity index (χ1n) is 9.17. The zero-order valence-corrected chi connectivity index (χ0v) is 15.5. The van der Waals surface area contributed by atoms with Gasteiger partial charge in [0.25, 0.3) is 0 Å². The molecule has 1 fully saturated rings. The summed E-state index contributed by atoms with van der Waals surface area (Å²) in [6, 6.07) is -0.304. The molecule has 0 radical (unpaired) electrons. The number of nitrogens with zero attached hydrogens (tertiary/aromatic N) is 1. The molecule has 2 atom stereocenters. The first-order valence-corrected chi connectivity index (χ1v) is 9.17. The summed E-state index contributed by atoms with van der Waals surface area (Å²) in [5, 5.41) is 5.81. The van der Waals surface area contributed by atoms with Crippen molar-refractivity contribution in [3.05, 3.63) is 0 Å². The molecule has 25 heavy (non-hydrogen) atoms. The fourth-order valence-corrected chi connectivity index (χ4v) is 2.97. The molecule has 0 bridgehead atoms. The van der Waals surface area contributed by atoms with Gasteiger partial charge in [0, 0.05) is 18.9 Å². The first kappa shape index (κ1) is 21.3. The van der Waals surface area contributed by atoms with Crippen LogP contribution in [0.4, 0.5) is 0 Å². The number of imide groups is 1. The number of carbonyl (C=O) groups is 4. The van der Waals surface area contributed by atoms with Gasteiger partial charge >= 0.3 is 0 Å². The lowest BCUT2D eigenvalue weighted by Crippen LogP contribution is -2.48. The monoisotopic (exact) mass is 353 g/mol. The van der Waals surface area contributed by atoms with Gasteiger partial charge < -0.3 is 15.4 Å². The van der Waals surface area contributed by atoms with Gasteiger partial charge in [0.05, 0.1) is 12.6 Å². The topological polar surface area (TPSA) is 95.6 Å². The van der Waals surface area contributed by atoms with Crippen LogP contribution in [0.5, 0.6) is 0 Å². The van der Waals surface area contributed by atoms with E-state index in [4.69, 9.17) is 0 Å². The van der Waals surface area contributed by atoms with Gasteiger partial charge in [0.2, 0.25) is 17.7 Å². The van der Waals surface area contributed by atoms with Crippen LogP contribution in [-0.2, 0) is 19.2 Å².